The van der Waals surface area contributed by atoms with Crippen LogP contribution in [0.3, 0.4) is 0 Å². The third-order valence-corrected chi connectivity index (χ3v) is 4.13. The highest BCUT2D eigenvalue weighted by Gasteiger charge is 2.42. The first-order valence-electron chi connectivity index (χ1n) is 7.68. The Morgan fingerprint density at radius 2 is 2.07 bits per heavy atom. The zero-order valence-corrected chi connectivity index (χ0v) is 13.5. The molecule has 0 aromatic carbocycles. The van der Waals surface area contributed by atoms with Gasteiger partial charge in [-0.2, -0.15) is 18.2 Å². The number of imidazole rings is 1. The van der Waals surface area contributed by atoms with Crippen LogP contribution in [0.4, 0.5) is 23.5 Å². The predicted molar refractivity (Wildman–Crippen MR) is 81.6 cm³/mol. The smallest absolute Gasteiger partial charge is 0.388 e. The third-order valence-electron chi connectivity index (χ3n) is 4.13. The Hall–Kier alpha value is -2.45. The van der Waals surface area contributed by atoms with Gasteiger partial charge in [0.15, 0.2) is 17.4 Å². The number of aromatic nitrogens is 4. The second-order valence-electron chi connectivity index (χ2n) is 6.07. The van der Waals surface area contributed by atoms with Crippen LogP contribution < -0.4 is 17.0 Å². The number of aliphatic hydroxyl groups excluding tert-OH is 2. The van der Waals surface area contributed by atoms with E-state index in [2.05, 4.69) is 4.98 Å². The summed E-state index contributed by atoms with van der Waals surface area (Å²) in [4.78, 5) is 30.3. The van der Waals surface area contributed by atoms with Crippen molar-refractivity contribution in [3.8, 4) is 0 Å². The van der Waals surface area contributed by atoms with E-state index in [1.54, 1.807) is 0 Å². The van der Waals surface area contributed by atoms with E-state index in [0.717, 1.165) is 0 Å². The van der Waals surface area contributed by atoms with Crippen LogP contribution in [0.2, 0.25) is 0 Å². The van der Waals surface area contributed by atoms with E-state index in [1.807, 2.05) is 4.98 Å². The fourth-order valence-corrected chi connectivity index (χ4v) is 3.01. The summed E-state index contributed by atoms with van der Waals surface area (Å²) in [6, 6.07) is 0. The first kappa shape index (κ1) is 19.3. The molecule has 0 saturated carbocycles. The fraction of sp³-hybridized carbons (Fsp3) is 0.615. The Morgan fingerprint density at radius 3 is 2.67 bits per heavy atom. The molecule has 1 saturated heterocycles. The summed E-state index contributed by atoms with van der Waals surface area (Å²) in [5.74, 6) is -0.474. The van der Waals surface area contributed by atoms with Crippen molar-refractivity contribution in [2.45, 2.75) is 43.7 Å². The van der Waals surface area contributed by atoms with Crippen molar-refractivity contribution in [3.05, 3.63) is 20.8 Å². The van der Waals surface area contributed by atoms with E-state index >= 15 is 0 Å². The molecule has 0 spiro atoms. The number of hydrogen-bond acceptors (Lipinski definition) is 7. The highest BCUT2D eigenvalue weighted by Crippen LogP contribution is 2.32. The minimum Gasteiger partial charge on any atom is -0.388 e. The molecule has 0 aliphatic carbocycles. The SMILES string of the molecule is Nc1nc2c(c(=O)[nH]1)n(CC(F)(F)F)c(=O)n2[C@@H]1O[C@H](C(O)CF)C[C@H]1O. The van der Waals surface area contributed by atoms with Crippen LogP contribution in [0.1, 0.15) is 12.6 Å². The van der Waals surface area contributed by atoms with Crippen LogP contribution in [0.25, 0.3) is 11.2 Å². The number of anilines is 1. The maximum Gasteiger partial charge on any atom is 0.406 e. The average Bonchev–Trinajstić information content (AvgIpc) is 3.04. The highest BCUT2D eigenvalue weighted by atomic mass is 19.4. The van der Waals surface area contributed by atoms with Crippen LogP contribution in [0, 0.1) is 0 Å². The summed E-state index contributed by atoms with van der Waals surface area (Å²) in [6.45, 7) is -2.98. The molecule has 1 fully saturated rings. The molecular weight excluding hydrogens is 382 g/mol. The molecule has 0 radical (unpaired) electrons. The second-order valence-corrected chi connectivity index (χ2v) is 6.07. The number of aliphatic hydroxyl groups is 2. The summed E-state index contributed by atoms with van der Waals surface area (Å²) in [6.07, 6.45) is -11.0. The van der Waals surface area contributed by atoms with Gasteiger partial charge in [-0.05, 0) is 0 Å². The molecular formula is C13H15F4N5O5. The number of alkyl halides is 4. The van der Waals surface area contributed by atoms with Crippen molar-refractivity contribution >= 4 is 17.1 Å². The van der Waals surface area contributed by atoms with E-state index in [-0.39, 0.29) is 11.0 Å². The molecule has 14 heteroatoms. The highest BCUT2D eigenvalue weighted by molar-refractivity contribution is 5.71. The van der Waals surface area contributed by atoms with E-state index < -0.39 is 72.3 Å². The molecule has 0 bridgehead atoms. The van der Waals surface area contributed by atoms with E-state index in [9.17, 15) is 37.4 Å². The summed E-state index contributed by atoms with van der Waals surface area (Å²) in [5, 5.41) is 19.7. The van der Waals surface area contributed by atoms with Gasteiger partial charge in [0, 0.05) is 6.42 Å². The van der Waals surface area contributed by atoms with Crippen molar-refractivity contribution in [2.24, 2.45) is 0 Å². The lowest BCUT2D eigenvalue weighted by atomic mass is 10.1. The first-order valence-corrected chi connectivity index (χ1v) is 7.68. The number of ether oxygens (including phenoxy) is 1. The largest absolute Gasteiger partial charge is 0.406 e. The molecule has 1 aliphatic rings. The molecule has 3 rings (SSSR count). The van der Waals surface area contributed by atoms with E-state index in [1.165, 1.54) is 0 Å². The lowest BCUT2D eigenvalue weighted by Crippen LogP contribution is -2.35. The van der Waals surface area contributed by atoms with Crippen LogP contribution in [-0.2, 0) is 11.3 Å². The second kappa shape index (κ2) is 6.61. The van der Waals surface area contributed by atoms with Gasteiger partial charge in [-0.3, -0.25) is 14.3 Å². The Kier molecular flexibility index (Phi) is 4.73. The molecule has 27 heavy (non-hydrogen) atoms. The van der Waals surface area contributed by atoms with Crippen LogP contribution >= 0.6 is 0 Å². The maximum absolute atomic E-state index is 12.9. The number of fused-ring (bicyclic) bond motifs is 1. The van der Waals surface area contributed by atoms with Gasteiger partial charge in [0.1, 0.15) is 25.4 Å². The molecule has 150 valence electrons. The number of nitrogens with zero attached hydrogens (tertiary/aromatic N) is 3. The van der Waals surface area contributed by atoms with Crippen molar-refractivity contribution < 1.29 is 32.5 Å². The molecule has 3 heterocycles. The minimum absolute atomic E-state index is 0.135. The van der Waals surface area contributed by atoms with Crippen molar-refractivity contribution in [3.63, 3.8) is 0 Å². The maximum atomic E-state index is 12.9. The number of nitrogens with one attached hydrogen (secondary N) is 1. The van der Waals surface area contributed by atoms with Crippen LogP contribution in [0.15, 0.2) is 9.59 Å². The molecule has 0 amide bonds. The van der Waals surface area contributed by atoms with Gasteiger partial charge < -0.3 is 20.7 Å². The number of nitrogen functional groups attached to an aromatic ring is 1. The van der Waals surface area contributed by atoms with Crippen molar-refractivity contribution in [1.82, 2.24) is 19.1 Å². The monoisotopic (exact) mass is 397 g/mol. The van der Waals surface area contributed by atoms with Gasteiger partial charge >= 0.3 is 11.9 Å². The first-order chi connectivity index (χ1) is 12.5. The number of hydrogen-bond donors (Lipinski definition) is 4. The average molecular weight is 397 g/mol. The van der Waals surface area contributed by atoms with Gasteiger partial charge in [0.25, 0.3) is 5.56 Å². The van der Waals surface area contributed by atoms with Gasteiger partial charge in [-0.15, -0.1) is 0 Å². The quantitative estimate of drug-likeness (QED) is 0.484. The Bertz CT molecular complexity index is 967. The number of rotatable bonds is 4. The number of H-pyrrole nitrogens is 1. The molecule has 4 atom stereocenters. The summed E-state index contributed by atoms with van der Waals surface area (Å²) < 4.78 is 57.1. The van der Waals surface area contributed by atoms with Gasteiger partial charge in [-0.1, -0.05) is 0 Å². The summed E-state index contributed by atoms with van der Waals surface area (Å²) >= 11 is 0. The number of halogens is 4. The van der Waals surface area contributed by atoms with E-state index in [4.69, 9.17) is 10.5 Å². The molecule has 5 N–H and O–H groups in total. The molecule has 1 unspecified atom stereocenters. The van der Waals surface area contributed by atoms with Gasteiger partial charge in [0.2, 0.25) is 5.95 Å². The van der Waals surface area contributed by atoms with Crippen LogP contribution in [-0.4, -0.2) is 60.5 Å². The van der Waals surface area contributed by atoms with Crippen molar-refractivity contribution in [2.75, 3.05) is 12.4 Å². The third kappa shape index (κ3) is 3.42. The summed E-state index contributed by atoms with van der Waals surface area (Å²) in [7, 11) is 0. The predicted octanol–water partition coefficient (Wildman–Crippen LogP) is -0.990. The molecule has 10 nitrogen and oxygen atoms in total. The van der Waals surface area contributed by atoms with Gasteiger partial charge in [-0.25, -0.2) is 13.8 Å². The molecule has 2 aromatic rings. The number of nitrogens with two attached hydrogens (primary N) is 1. The zero-order chi connectivity index (χ0) is 20.1. The lowest BCUT2D eigenvalue weighted by Gasteiger charge is -2.17. The molecule has 2 aromatic heterocycles. The number of aromatic amines is 1. The Balaban J connectivity index is 2.20. The topological polar surface area (TPSA) is 148 Å². The summed E-state index contributed by atoms with van der Waals surface area (Å²) in [5.41, 5.74) is 1.74. The fourth-order valence-electron chi connectivity index (χ4n) is 3.01. The Morgan fingerprint density at radius 1 is 1.41 bits per heavy atom. The van der Waals surface area contributed by atoms with Crippen LogP contribution in [0.5, 0.6) is 0 Å². The standard InChI is InChI=1S/C13H15F4N5O5/c14-2-5(24)6-1-4(23)10(27-6)22-8-7(9(25)20-11(18)19-8)21(12(22)26)3-13(15,16)17/h4-6,10,23-24H,1-3H2,(H3,18,19,20,25)/t4-,5?,6+,10-/m1/s1. The minimum atomic E-state index is -4.83. The van der Waals surface area contributed by atoms with Gasteiger partial charge in [0.05, 0.1) is 6.10 Å². The lowest BCUT2D eigenvalue weighted by molar-refractivity contribution is -0.140. The molecule has 1 aliphatic heterocycles. The van der Waals surface area contributed by atoms with Crippen molar-refractivity contribution in [1.29, 1.82) is 0 Å². The Labute approximate surface area is 146 Å². The zero-order valence-electron chi connectivity index (χ0n) is 13.5. The van der Waals surface area contributed by atoms with E-state index in [0.29, 0.717) is 4.57 Å². The normalized spacial score (nSPS) is 24.6.